The van der Waals surface area contributed by atoms with Gasteiger partial charge in [0.15, 0.2) is 0 Å². The third kappa shape index (κ3) is 5.29. The molecule has 146 valence electrons. The van der Waals surface area contributed by atoms with E-state index in [2.05, 4.69) is 15.7 Å². The summed E-state index contributed by atoms with van der Waals surface area (Å²) in [5, 5.41) is 4.10. The van der Waals surface area contributed by atoms with E-state index in [0.29, 0.717) is 25.2 Å². The SMILES string of the molecule is CCCNC(=O)CN(CCC)C(=O)C1=N[C@H](C)C(=O)N(c2ccccc2)N1. The molecule has 0 unspecified atom stereocenters. The van der Waals surface area contributed by atoms with Gasteiger partial charge in [0.2, 0.25) is 11.7 Å². The monoisotopic (exact) mass is 373 g/mol. The van der Waals surface area contributed by atoms with Crippen molar-refractivity contribution in [3.05, 3.63) is 30.3 Å². The number of hydrazine groups is 1. The predicted molar refractivity (Wildman–Crippen MR) is 104 cm³/mol. The first-order valence-electron chi connectivity index (χ1n) is 9.27. The topological polar surface area (TPSA) is 94.1 Å². The minimum atomic E-state index is -0.692. The Balaban J connectivity index is 2.17. The van der Waals surface area contributed by atoms with Crippen molar-refractivity contribution in [1.82, 2.24) is 15.6 Å². The molecule has 1 heterocycles. The molecule has 3 amide bonds. The maximum Gasteiger partial charge on any atom is 0.291 e. The summed E-state index contributed by atoms with van der Waals surface area (Å²) in [4.78, 5) is 43.1. The van der Waals surface area contributed by atoms with Crippen molar-refractivity contribution in [1.29, 1.82) is 0 Å². The standard InChI is InChI=1S/C19H27N5O3/c1-4-11-20-16(25)13-23(12-5-2)19(27)17-21-14(3)18(26)24(22-17)15-9-7-6-8-10-15/h6-10,14H,4-5,11-13H2,1-3H3,(H,20,25)(H,21,22)/t14-/m1/s1. The van der Waals surface area contributed by atoms with E-state index in [-0.39, 0.29) is 24.2 Å². The number of amidine groups is 1. The first-order chi connectivity index (χ1) is 13.0. The van der Waals surface area contributed by atoms with Gasteiger partial charge in [-0.1, -0.05) is 32.0 Å². The Hall–Kier alpha value is -2.90. The molecule has 8 nitrogen and oxygen atoms in total. The van der Waals surface area contributed by atoms with Gasteiger partial charge in [0, 0.05) is 13.1 Å². The highest BCUT2D eigenvalue weighted by Crippen LogP contribution is 2.16. The van der Waals surface area contributed by atoms with E-state index >= 15 is 0 Å². The third-order valence-electron chi connectivity index (χ3n) is 4.02. The van der Waals surface area contributed by atoms with Gasteiger partial charge >= 0.3 is 0 Å². The number of aliphatic imine (C=N–C) groups is 1. The second kappa shape index (κ2) is 9.70. The average Bonchev–Trinajstić information content (AvgIpc) is 2.68. The van der Waals surface area contributed by atoms with E-state index in [1.165, 1.54) is 9.91 Å². The molecule has 1 aromatic carbocycles. The lowest BCUT2D eigenvalue weighted by Crippen LogP contribution is -2.59. The van der Waals surface area contributed by atoms with Crippen LogP contribution in [0.15, 0.2) is 35.3 Å². The van der Waals surface area contributed by atoms with Gasteiger partial charge in [-0.3, -0.25) is 19.8 Å². The Bertz CT molecular complexity index is 705. The van der Waals surface area contributed by atoms with E-state index in [4.69, 9.17) is 0 Å². The Morgan fingerprint density at radius 2 is 1.93 bits per heavy atom. The number of nitrogens with zero attached hydrogens (tertiary/aromatic N) is 3. The molecule has 0 bridgehead atoms. The van der Waals surface area contributed by atoms with Gasteiger partial charge in [0.05, 0.1) is 12.2 Å². The highest BCUT2D eigenvalue weighted by molar-refractivity contribution is 6.39. The Kier molecular flexibility index (Phi) is 7.34. The van der Waals surface area contributed by atoms with E-state index in [1.54, 1.807) is 19.1 Å². The summed E-state index contributed by atoms with van der Waals surface area (Å²) in [6.07, 6.45) is 1.53. The van der Waals surface area contributed by atoms with Gasteiger partial charge in [-0.25, -0.2) is 10.0 Å². The molecule has 1 aromatic rings. The fraction of sp³-hybridized carbons (Fsp3) is 0.474. The van der Waals surface area contributed by atoms with Crippen molar-refractivity contribution in [2.45, 2.75) is 39.7 Å². The van der Waals surface area contributed by atoms with Crippen LogP contribution in [0.2, 0.25) is 0 Å². The molecule has 1 atom stereocenters. The minimum absolute atomic E-state index is 0.0406. The lowest BCUT2D eigenvalue weighted by atomic mass is 10.2. The normalized spacial score (nSPS) is 16.4. The number of nitrogens with one attached hydrogen (secondary N) is 2. The van der Waals surface area contributed by atoms with Crippen LogP contribution in [0.25, 0.3) is 0 Å². The molecule has 0 aromatic heterocycles. The van der Waals surface area contributed by atoms with Crippen molar-refractivity contribution >= 4 is 29.2 Å². The van der Waals surface area contributed by atoms with Crippen LogP contribution < -0.4 is 15.8 Å². The number of amides is 3. The quantitative estimate of drug-likeness (QED) is 0.713. The number of anilines is 1. The summed E-state index contributed by atoms with van der Waals surface area (Å²) in [6, 6.07) is 8.31. The summed E-state index contributed by atoms with van der Waals surface area (Å²) in [7, 11) is 0. The van der Waals surface area contributed by atoms with Gasteiger partial charge in [-0.15, -0.1) is 0 Å². The van der Waals surface area contributed by atoms with E-state index in [9.17, 15) is 14.4 Å². The largest absolute Gasteiger partial charge is 0.355 e. The van der Waals surface area contributed by atoms with Gasteiger partial charge in [0.25, 0.3) is 11.8 Å². The molecule has 0 spiro atoms. The number of benzene rings is 1. The highest BCUT2D eigenvalue weighted by Gasteiger charge is 2.32. The van der Waals surface area contributed by atoms with Crippen molar-refractivity contribution in [3.8, 4) is 0 Å². The summed E-state index contributed by atoms with van der Waals surface area (Å²) in [6.45, 7) is 6.49. The predicted octanol–water partition coefficient (Wildman–Crippen LogP) is 1.09. The lowest BCUT2D eigenvalue weighted by molar-refractivity contribution is -0.131. The van der Waals surface area contributed by atoms with Gasteiger partial charge < -0.3 is 10.2 Å². The Morgan fingerprint density at radius 3 is 2.56 bits per heavy atom. The molecule has 2 rings (SSSR count). The van der Waals surface area contributed by atoms with Crippen molar-refractivity contribution in [2.75, 3.05) is 24.6 Å². The molecule has 8 heteroatoms. The summed E-state index contributed by atoms with van der Waals surface area (Å²) in [5.74, 6) is -0.800. The maximum absolute atomic E-state index is 12.9. The summed E-state index contributed by atoms with van der Waals surface area (Å²) >= 11 is 0. The summed E-state index contributed by atoms with van der Waals surface area (Å²) < 4.78 is 0. The van der Waals surface area contributed by atoms with Crippen LogP contribution >= 0.6 is 0 Å². The van der Waals surface area contributed by atoms with Crippen molar-refractivity contribution in [3.63, 3.8) is 0 Å². The van der Waals surface area contributed by atoms with Crippen LogP contribution in [0.1, 0.15) is 33.6 Å². The van der Waals surface area contributed by atoms with Crippen LogP contribution in [0.3, 0.4) is 0 Å². The molecule has 1 aliphatic rings. The zero-order valence-electron chi connectivity index (χ0n) is 16.1. The third-order valence-corrected chi connectivity index (χ3v) is 4.02. The van der Waals surface area contributed by atoms with Crippen LogP contribution in [-0.4, -0.2) is 54.1 Å². The van der Waals surface area contributed by atoms with Crippen LogP contribution in [0, 0.1) is 0 Å². The molecule has 1 aliphatic heterocycles. The molecule has 0 saturated carbocycles. The smallest absolute Gasteiger partial charge is 0.291 e. The van der Waals surface area contributed by atoms with Crippen LogP contribution in [-0.2, 0) is 14.4 Å². The van der Waals surface area contributed by atoms with Gasteiger partial charge in [0.1, 0.15) is 6.04 Å². The molecule has 0 radical (unpaired) electrons. The maximum atomic E-state index is 12.9. The van der Waals surface area contributed by atoms with E-state index in [0.717, 1.165) is 6.42 Å². The molecule has 27 heavy (non-hydrogen) atoms. The Labute approximate surface area is 159 Å². The van der Waals surface area contributed by atoms with Gasteiger partial charge in [-0.2, -0.15) is 0 Å². The molecule has 0 saturated heterocycles. The molecule has 2 N–H and O–H groups in total. The second-order valence-electron chi connectivity index (χ2n) is 6.35. The van der Waals surface area contributed by atoms with Crippen molar-refractivity contribution in [2.24, 2.45) is 4.99 Å². The first-order valence-corrected chi connectivity index (χ1v) is 9.27. The van der Waals surface area contributed by atoms with Crippen molar-refractivity contribution < 1.29 is 14.4 Å². The number of carbonyl (C=O) groups is 3. The van der Waals surface area contributed by atoms with E-state index in [1.807, 2.05) is 32.0 Å². The Morgan fingerprint density at radius 1 is 1.22 bits per heavy atom. The van der Waals surface area contributed by atoms with Crippen LogP contribution in [0.4, 0.5) is 5.69 Å². The number of carbonyl (C=O) groups excluding carboxylic acids is 3. The number of hydrogen-bond donors (Lipinski definition) is 2. The number of rotatable bonds is 8. The van der Waals surface area contributed by atoms with Crippen LogP contribution in [0.5, 0.6) is 0 Å². The molecular weight excluding hydrogens is 346 g/mol. The first kappa shape index (κ1) is 20.4. The molecular formula is C19H27N5O3. The second-order valence-corrected chi connectivity index (χ2v) is 6.35. The fourth-order valence-electron chi connectivity index (χ4n) is 2.66. The zero-order chi connectivity index (χ0) is 19.8. The minimum Gasteiger partial charge on any atom is -0.355 e. The number of hydrogen-bond acceptors (Lipinski definition) is 5. The lowest BCUT2D eigenvalue weighted by Gasteiger charge is -2.32. The fourth-order valence-corrected chi connectivity index (χ4v) is 2.66. The summed E-state index contributed by atoms with van der Waals surface area (Å²) in [5.41, 5.74) is 3.44. The zero-order valence-corrected chi connectivity index (χ0v) is 16.1. The highest BCUT2D eigenvalue weighted by atomic mass is 16.2. The van der Waals surface area contributed by atoms with E-state index < -0.39 is 11.9 Å². The molecule has 0 aliphatic carbocycles. The van der Waals surface area contributed by atoms with Gasteiger partial charge in [-0.05, 0) is 31.9 Å². The number of para-hydroxylation sites is 1. The average molecular weight is 373 g/mol. The molecule has 0 fully saturated rings.